The first-order valence-electron chi connectivity index (χ1n) is 8.21. The summed E-state index contributed by atoms with van der Waals surface area (Å²) in [7, 11) is 0. The zero-order chi connectivity index (χ0) is 14.7. The van der Waals surface area contributed by atoms with Crippen LogP contribution >= 0.6 is 0 Å². The highest BCUT2D eigenvalue weighted by atomic mass is 16.5. The fourth-order valence-corrected chi connectivity index (χ4v) is 3.51. The molecule has 2 N–H and O–H groups in total. The van der Waals surface area contributed by atoms with Crippen molar-refractivity contribution in [3.63, 3.8) is 0 Å². The van der Waals surface area contributed by atoms with E-state index in [1.807, 2.05) is 0 Å². The minimum absolute atomic E-state index is 0.142. The van der Waals surface area contributed by atoms with Gasteiger partial charge in [-0.3, -0.25) is 4.90 Å². The number of ether oxygens (including phenoxy) is 1. The zero-order valence-electron chi connectivity index (χ0n) is 13.0. The maximum atomic E-state index is 6.29. The molecule has 3 rings (SSSR count). The first kappa shape index (κ1) is 14.8. The van der Waals surface area contributed by atoms with Gasteiger partial charge in [0.15, 0.2) is 0 Å². The number of benzene rings is 1. The Morgan fingerprint density at radius 3 is 2.76 bits per heavy atom. The summed E-state index contributed by atoms with van der Waals surface area (Å²) < 4.78 is 5.46. The van der Waals surface area contributed by atoms with E-state index in [2.05, 4.69) is 41.0 Å². The lowest BCUT2D eigenvalue weighted by Crippen LogP contribution is -2.44. The number of hydrogen-bond donors (Lipinski definition) is 1. The van der Waals surface area contributed by atoms with E-state index in [0.29, 0.717) is 6.04 Å². The van der Waals surface area contributed by atoms with E-state index in [4.69, 9.17) is 10.5 Å². The van der Waals surface area contributed by atoms with Gasteiger partial charge in [0.25, 0.3) is 0 Å². The van der Waals surface area contributed by atoms with Crippen molar-refractivity contribution in [1.82, 2.24) is 4.90 Å². The third-order valence-corrected chi connectivity index (χ3v) is 4.84. The number of morpholine rings is 1. The van der Waals surface area contributed by atoms with Crippen LogP contribution < -0.4 is 10.6 Å². The van der Waals surface area contributed by atoms with Gasteiger partial charge in [-0.1, -0.05) is 25.1 Å². The predicted octanol–water partition coefficient (Wildman–Crippen LogP) is 2.01. The Hall–Kier alpha value is -1.10. The fourth-order valence-electron chi connectivity index (χ4n) is 3.51. The highest BCUT2D eigenvalue weighted by molar-refractivity contribution is 5.56. The van der Waals surface area contributed by atoms with Crippen molar-refractivity contribution in [2.45, 2.75) is 31.8 Å². The molecule has 1 unspecified atom stereocenters. The second-order valence-electron chi connectivity index (χ2n) is 6.11. The van der Waals surface area contributed by atoms with E-state index >= 15 is 0 Å². The third-order valence-electron chi connectivity index (χ3n) is 4.84. The van der Waals surface area contributed by atoms with Gasteiger partial charge in [0.2, 0.25) is 0 Å². The van der Waals surface area contributed by atoms with Gasteiger partial charge in [-0.2, -0.15) is 0 Å². The van der Waals surface area contributed by atoms with Crippen molar-refractivity contribution in [2.75, 3.05) is 44.3 Å². The van der Waals surface area contributed by atoms with Crippen LogP contribution in [0.25, 0.3) is 0 Å². The summed E-state index contributed by atoms with van der Waals surface area (Å²) in [4.78, 5) is 5.11. The topological polar surface area (TPSA) is 41.7 Å². The number of hydrogen-bond acceptors (Lipinski definition) is 4. The van der Waals surface area contributed by atoms with E-state index in [1.54, 1.807) is 0 Å². The van der Waals surface area contributed by atoms with Crippen LogP contribution in [0.15, 0.2) is 24.3 Å². The molecule has 116 valence electrons. The molecule has 2 heterocycles. The van der Waals surface area contributed by atoms with Gasteiger partial charge in [0.1, 0.15) is 0 Å². The standard InChI is InChI=1S/C17H27N3O/c1-2-16(18)15-5-3-4-6-17(15)20-8-7-14(13-20)19-9-11-21-12-10-19/h3-6,14,16H,2,7-13,18H2,1H3/t14?,16-/m1/s1. The molecule has 2 atom stereocenters. The second-order valence-corrected chi connectivity index (χ2v) is 6.11. The molecule has 21 heavy (non-hydrogen) atoms. The van der Waals surface area contributed by atoms with Crippen LogP contribution in [-0.2, 0) is 4.74 Å². The number of nitrogens with zero attached hydrogens (tertiary/aromatic N) is 2. The van der Waals surface area contributed by atoms with Crippen molar-refractivity contribution in [3.8, 4) is 0 Å². The van der Waals surface area contributed by atoms with E-state index in [1.165, 1.54) is 17.7 Å². The Kier molecular flexibility index (Phi) is 4.78. The van der Waals surface area contributed by atoms with Crippen molar-refractivity contribution < 1.29 is 4.74 Å². The molecule has 0 radical (unpaired) electrons. The van der Waals surface area contributed by atoms with Crippen LogP contribution in [0.5, 0.6) is 0 Å². The van der Waals surface area contributed by atoms with Crippen LogP contribution in [-0.4, -0.2) is 50.3 Å². The molecule has 2 saturated heterocycles. The minimum atomic E-state index is 0.142. The Morgan fingerprint density at radius 2 is 2.00 bits per heavy atom. The first-order chi connectivity index (χ1) is 10.3. The molecule has 0 aromatic heterocycles. The average Bonchev–Trinajstić information content (AvgIpc) is 3.05. The molecule has 2 aliphatic rings. The highest BCUT2D eigenvalue weighted by Gasteiger charge is 2.29. The highest BCUT2D eigenvalue weighted by Crippen LogP contribution is 2.30. The summed E-state index contributed by atoms with van der Waals surface area (Å²) in [6.45, 7) is 8.33. The van der Waals surface area contributed by atoms with E-state index < -0.39 is 0 Å². The molecule has 2 fully saturated rings. The molecule has 0 amide bonds. The Balaban J connectivity index is 1.71. The number of para-hydroxylation sites is 1. The summed E-state index contributed by atoms with van der Waals surface area (Å²) >= 11 is 0. The molecule has 0 spiro atoms. The first-order valence-corrected chi connectivity index (χ1v) is 8.21. The summed E-state index contributed by atoms with van der Waals surface area (Å²) in [5, 5.41) is 0. The average molecular weight is 289 g/mol. The quantitative estimate of drug-likeness (QED) is 0.920. The van der Waals surface area contributed by atoms with Crippen LogP contribution in [0.2, 0.25) is 0 Å². The van der Waals surface area contributed by atoms with Crippen LogP contribution in [0.1, 0.15) is 31.4 Å². The number of rotatable bonds is 4. The van der Waals surface area contributed by atoms with Gasteiger partial charge in [-0.25, -0.2) is 0 Å². The Bertz CT molecular complexity index is 459. The molecule has 0 saturated carbocycles. The zero-order valence-corrected chi connectivity index (χ0v) is 13.0. The van der Waals surface area contributed by atoms with Crippen LogP contribution in [0.4, 0.5) is 5.69 Å². The smallest absolute Gasteiger partial charge is 0.0594 e. The van der Waals surface area contributed by atoms with E-state index in [9.17, 15) is 0 Å². The maximum absolute atomic E-state index is 6.29. The van der Waals surface area contributed by atoms with Crippen molar-refractivity contribution in [2.24, 2.45) is 5.73 Å². The van der Waals surface area contributed by atoms with Gasteiger partial charge in [-0.05, 0) is 24.5 Å². The molecular weight excluding hydrogens is 262 g/mol. The van der Waals surface area contributed by atoms with Crippen molar-refractivity contribution in [1.29, 1.82) is 0 Å². The molecule has 4 nitrogen and oxygen atoms in total. The number of nitrogens with two attached hydrogens (primary N) is 1. The fraction of sp³-hybridized carbons (Fsp3) is 0.647. The molecule has 0 aliphatic carbocycles. The summed E-state index contributed by atoms with van der Waals surface area (Å²) in [5.74, 6) is 0. The normalized spacial score (nSPS) is 25.2. The lowest BCUT2D eigenvalue weighted by molar-refractivity contribution is 0.0209. The maximum Gasteiger partial charge on any atom is 0.0594 e. The number of anilines is 1. The molecule has 1 aromatic carbocycles. The van der Waals surface area contributed by atoms with Gasteiger partial charge in [0.05, 0.1) is 13.2 Å². The largest absolute Gasteiger partial charge is 0.379 e. The van der Waals surface area contributed by atoms with Gasteiger partial charge < -0.3 is 15.4 Å². The van der Waals surface area contributed by atoms with E-state index in [0.717, 1.165) is 45.8 Å². The molecule has 2 aliphatic heterocycles. The summed E-state index contributed by atoms with van der Waals surface area (Å²) in [5.41, 5.74) is 8.92. The minimum Gasteiger partial charge on any atom is -0.379 e. The second kappa shape index (κ2) is 6.77. The van der Waals surface area contributed by atoms with E-state index in [-0.39, 0.29) is 6.04 Å². The SMILES string of the molecule is CC[C@@H](N)c1ccccc1N1CCC(N2CCOCC2)C1. The molecule has 1 aromatic rings. The molecule has 4 heteroatoms. The Labute approximate surface area is 127 Å². The molecule has 0 bridgehead atoms. The van der Waals surface area contributed by atoms with Crippen LogP contribution in [0, 0.1) is 0 Å². The Morgan fingerprint density at radius 1 is 1.24 bits per heavy atom. The third kappa shape index (κ3) is 3.23. The van der Waals surface area contributed by atoms with Gasteiger partial charge >= 0.3 is 0 Å². The summed E-state index contributed by atoms with van der Waals surface area (Å²) in [6.07, 6.45) is 2.23. The lowest BCUT2D eigenvalue weighted by atomic mass is 10.0. The monoisotopic (exact) mass is 289 g/mol. The lowest BCUT2D eigenvalue weighted by Gasteiger charge is -2.32. The predicted molar refractivity (Wildman–Crippen MR) is 86.7 cm³/mol. The van der Waals surface area contributed by atoms with Gasteiger partial charge in [0, 0.05) is 44.0 Å². The van der Waals surface area contributed by atoms with Gasteiger partial charge in [-0.15, -0.1) is 0 Å². The van der Waals surface area contributed by atoms with Crippen LogP contribution in [0.3, 0.4) is 0 Å². The van der Waals surface area contributed by atoms with Crippen molar-refractivity contribution in [3.05, 3.63) is 29.8 Å². The summed E-state index contributed by atoms with van der Waals surface area (Å²) in [6, 6.07) is 9.45. The molecular formula is C17H27N3O. The van der Waals surface area contributed by atoms with Crippen molar-refractivity contribution >= 4 is 5.69 Å².